The zero-order chi connectivity index (χ0) is 21.2. The number of aliphatic hydroxyl groups excluding tert-OH is 1. The number of hydrogen-bond acceptors (Lipinski definition) is 4. The first-order chi connectivity index (χ1) is 14.0. The predicted molar refractivity (Wildman–Crippen MR) is 110 cm³/mol. The number of pyridine rings is 1. The van der Waals surface area contributed by atoms with Crippen LogP contribution in [0.15, 0.2) is 42.6 Å². The average Bonchev–Trinajstić information content (AvgIpc) is 2.75. The van der Waals surface area contributed by atoms with Crippen LogP contribution in [0.3, 0.4) is 0 Å². The Morgan fingerprint density at radius 2 is 1.79 bits per heavy atom. The molecule has 0 saturated carbocycles. The Morgan fingerprint density at radius 3 is 2.34 bits per heavy atom. The molecular formula is C20H23Cl2F2N3O2. The third-order valence-electron chi connectivity index (χ3n) is 4.28. The van der Waals surface area contributed by atoms with Crippen molar-refractivity contribution < 1.29 is 18.7 Å². The van der Waals surface area contributed by atoms with Gasteiger partial charge in [-0.25, -0.2) is 4.39 Å². The molecule has 1 aromatic heterocycles. The molecule has 1 aromatic carbocycles. The van der Waals surface area contributed by atoms with Gasteiger partial charge in [-0.2, -0.15) is 0 Å². The van der Waals surface area contributed by atoms with Crippen molar-refractivity contribution in [3.8, 4) is 11.1 Å². The maximum absolute atomic E-state index is 13.2. The highest BCUT2D eigenvalue weighted by Gasteiger charge is 2.25. The van der Waals surface area contributed by atoms with E-state index in [2.05, 4.69) is 15.6 Å². The smallest absolute Gasteiger partial charge is 0.253 e. The minimum atomic E-state index is -1.34. The molecule has 3 N–H and O–H groups in total. The van der Waals surface area contributed by atoms with E-state index in [4.69, 9.17) is 23.2 Å². The monoisotopic (exact) mass is 445 g/mol. The van der Waals surface area contributed by atoms with E-state index in [1.165, 1.54) is 0 Å². The summed E-state index contributed by atoms with van der Waals surface area (Å²) in [5.41, 5.74) is 3.03. The zero-order valence-corrected chi connectivity index (χ0v) is 17.1. The normalized spacial score (nSPS) is 13.3. The van der Waals surface area contributed by atoms with Crippen LogP contribution < -0.4 is 10.6 Å². The van der Waals surface area contributed by atoms with E-state index >= 15 is 0 Å². The van der Waals surface area contributed by atoms with Crippen molar-refractivity contribution in [3.63, 3.8) is 0 Å². The van der Waals surface area contributed by atoms with Crippen molar-refractivity contribution in [2.75, 3.05) is 19.9 Å². The lowest BCUT2D eigenvalue weighted by molar-refractivity contribution is -0.121. The number of aliphatic hydroxyl groups is 1. The van der Waals surface area contributed by atoms with Gasteiger partial charge >= 0.3 is 0 Å². The van der Waals surface area contributed by atoms with Crippen LogP contribution in [-0.2, 0) is 11.3 Å². The molecule has 0 spiro atoms. The first kappa shape index (κ1) is 23.5. The van der Waals surface area contributed by atoms with Crippen molar-refractivity contribution >= 4 is 29.1 Å². The Labute approximate surface area is 178 Å². The fourth-order valence-corrected chi connectivity index (χ4v) is 2.79. The van der Waals surface area contributed by atoms with E-state index in [1.54, 1.807) is 30.5 Å². The van der Waals surface area contributed by atoms with Gasteiger partial charge < -0.3 is 15.7 Å². The third kappa shape index (κ3) is 7.19. The molecule has 0 bridgehead atoms. The molecule has 5 nitrogen and oxygen atoms in total. The second kappa shape index (κ2) is 12.0. The molecule has 1 heterocycles. The molecule has 0 fully saturated rings. The van der Waals surface area contributed by atoms with Gasteiger partial charge in [0.2, 0.25) is 0 Å². The van der Waals surface area contributed by atoms with Crippen molar-refractivity contribution in [1.29, 1.82) is 0 Å². The molecule has 0 unspecified atom stereocenters. The molecule has 9 heteroatoms. The minimum Gasteiger partial charge on any atom is -0.386 e. The number of halogens is 4. The van der Waals surface area contributed by atoms with Gasteiger partial charge in [0.1, 0.15) is 12.8 Å². The summed E-state index contributed by atoms with van der Waals surface area (Å²) in [4.78, 5) is 14.6. The minimum absolute atomic E-state index is 0.345. The van der Waals surface area contributed by atoms with Gasteiger partial charge in [-0.3, -0.25) is 14.2 Å². The summed E-state index contributed by atoms with van der Waals surface area (Å²) in [6.45, 7) is -0.157. The van der Waals surface area contributed by atoms with Gasteiger partial charge in [-0.05, 0) is 30.2 Å². The van der Waals surface area contributed by atoms with Crippen LogP contribution in [0.1, 0.15) is 23.8 Å². The highest BCUT2D eigenvalue weighted by molar-refractivity contribution is 6.53. The molecule has 0 aliphatic heterocycles. The zero-order valence-electron chi connectivity index (χ0n) is 15.6. The highest BCUT2D eigenvalue weighted by Crippen LogP contribution is 2.24. The number of amides is 1. The number of hydrogen-bond donors (Lipinski definition) is 3. The Balaban J connectivity index is 2.00. The number of nitrogens with one attached hydrogen (secondary N) is 2. The Kier molecular flexibility index (Phi) is 9.73. The fraction of sp³-hybridized carbons (Fsp3) is 0.400. The summed E-state index contributed by atoms with van der Waals surface area (Å²) in [7, 11) is 0. The van der Waals surface area contributed by atoms with E-state index in [1.807, 2.05) is 12.1 Å². The molecule has 0 saturated heterocycles. The standard InChI is InChI=1S/C20H23Cl2F2N3O2/c21-19(22)20(29)27-17(10-24)18(28)14-4-2-13(3-5-14)15-6-7-16(26-11-15)12-25-9-1-8-23/h2-7,11,17-19,25,28H,1,8-10,12H2,(H,27,29)/t17-,18-/m1/s1. The molecule has 1 amide bonds. The molecule has 0 aliphatic rings. The maximum Gasteiger partial charge on any atom is 0.253 e. The summed E-state index contributed by atoms with van der Waals surface area (Å²) in [5.74, 6) is -0.767. The Hall–Kier alpha value is -1.80. The van der Waals surface area contributed by atoms with Crippen molar-refractivity contribution in [1.82, 2.24) is 15.6 Å². The van der Waals surface area contributed by atoms with E-state index < -0.39 is 29.6 Å². The third-order valence-corrected chi connectivity index (χ3v) is 4.67. The largest absolute Gasteiger partial charge is 0.386 e. The van der Waals surface area contributed by atoms with Crippen LogP contribution >= 0.6 is 23.2 Å². The van der Waals surface area contributed by atoms with Crippen LogP contribution in [0.2, 0.25) is 0 Å². The lowest BCUT2D eigenvalue weighted by Gasteiger charge is -2.22. The van der Waals surface area contributed by atoms with Crippen LogP contribution in [0.5, 0.6) is 0 Å². The molecule has 2 atom stereocenters. The van der Waals surface area contributed by atoms with E-state index in [-0.39, 0.29) is 6.67 Å². The number of benzene rings is 1. The summed E-state index contributed by atoms with van der Waals surface area (Å²) < 4.78 is 25.3. The predicted octanol–water partition coefficient (Wildman–Crippen LogP) is 3.49. The van der Waals surface area contributed by atoms with E-state index in [0.717, 1.165) is 16.8 Å². The van der Waals surface area contributed by atoms with Crippen LogP contribution in [-0.4, -0.2) is 46.8 Å². The maximum atomic E-state index is 13.2. The first-order valence-corrected chi connectivity index (χ1v) is 9.98. The quantitative estimate of drug-likeness (QED) is 0.365. The summed E-state index contributed by atoms with van der Waals surface area (Å²) >= 11 is 10.9. The molecule has 0 aliphatic carbocycles. The van der Waals surface area contributed by atoms with Crippen LogP contribution in [0.25, 0.3) is 11.1 Å². The van der Waals surface area contributed by atoms with Crippen molar-refractivity contribution in [2.45, 2.75) is 29.9 Å². The van der Waals surface area contributed by atoms with E-state index in [9.17, 15) is 18.7 Å². The Morgan fingerprint density at radius 1 is 1.10 bits per heavy atom. The summed E-state index contributed by atoms with van der Waals surface area (Å²) in [6.07, 6.45) is 0.950. The SMILES string of the molecule is O=C(N[C@H](CF)[C@H](O)c1ccc(-c2ccc(CNCCCF)nc2)cc1)C(Cl)Cl. The lowest BCUT2D eigenvalue weighted by Crippen LogP contribution is -2.43. The highest BCUT2D eigenvalue weighted by atomic mass is 35.5. The number of nitrogens with zero attached hydrogens (tertiary/aromatic N) is 1. The van der Waals surface area contributed by atoms with Gasteiger partial charge in [0.25, 0.3) is 5.91 Å². The number of alkyl halides is 4. The first-order valence-electron chi connectivity index (χ1n) is 9.10. The van der Waals surface area contributed by atoms with Gasteiger partial charge in [0, 0.05) is 18.3 Å². The average molecular weight is 446 g/mol. The molecule has 158 valence electrons. The topological polar surface area (TPSA) is 74.2 Å². The van der Waals surface area contributed by atoms with Crippen molar-refractivity contribution in [2.24, 2.45) is 0 Å². The van der Waals surface area contributed by atoms with Gasteiger partial charge in [-0.15, -0.1) is 0 Å². The number of rotatable bonds is 11. The molecule has 2 aromatic rings. The lowest BCUT2D eigenvalue weighted by atomic mass is 9.99. The number of carbonyl (C=O) groups excluding carboxylic acids is 1. The second-order valence-electron chi connectivity index (χ2n) is 6.39. The second-order valence-corrected chi connectivity index (χ2v) is 7.49. The Bertz CT molecular complexity index is 761. The molecule has 0 radical (unpaired) electrons. The molecule has 29 heavy (non-hydrogen) atoms. The number of aromatic nitrogens is 1. The van der Waals surface area contributed by atoms with Gasteiger partial charge in [0.15, 0.2) is 4.84 Å². The molecule has 2 rings (SSSR count). The summed E-state index contributed by atoms with van der Waals surface area (Å²) in [5, 5.41) is 15.7. The van der Waals surface area contributed by atoms with Gasteiger partial charge in [-0.1, -0.05) is 53.5 Å². The fourth-order valence-electron chi connectivity index (χ4n) is 2.66. The number of carbonyl (C=O) groups is 1. The van der Waals surface area contributed by atoms with E-state index in [0.29, 0.717) is 25.1 Å². The van der Waals surface area contributed by atoms with Crippen LogP contribution in [0.4, 0.5) is 8.78 Å². The van der Waals surface area contributed by atoms with Crippen molar-refractivity contribution in [3.05, 3.63) is 53.9 Å². The molecular weight excluding hydrogens is 423 g/mol. The van der Waals surface area contributed by atoms with Crippen LogP contribution in [0, 0.1) is 0 Å². The summed E-state index contributed by atoms with van der Waals surface area (Å²) in [6, 6.07) is 9.50. The van der Waals surface area contributed by atoms with Gasteiger partial charge in [0.05, 0.1) is 18.4 Å².